The molecule has 1 aromatic carbocycles. The smallest absolute Gasteiger partial charge is 0.244 e. The van der Waals surface area contributed by atoms with E-state index >= 15 is 0 Å². The summed E-state index contributed by atoms with van der Waals surface area (Å²) >= 11 is 3.49. The molecule has 0 spiro atoms. The maximum Gasteiger partial charge on any atom is 0.244 e. The van der Waals surface area contributed by atoms with Gasteiger partial charge in [-0.15, -0.1) is 5.10 Å². The Kier molecular flexibility index (Phi) is 4.49. The first-order chi connectivity index (χ1) is 11.6. The first-order valence-electron chi connectivity index (χ1n) is 7.58. The third-order valence-corrected chi connectivity index (χ3v) is 4.51. The molecule has 0 fully saturated rings. The van der Waals surface area contributed by atoms with E-state index in [1.807, 2.05) is 18.2 Å². The van der Waals surface area contributed by atoms with Crippen molar-refractivity contribution in [3.05, 3.63) is 50.9 Å². The minimum atomic E-state index is -0.383. The highest BCUT2D eigenvalue weighted by atomic mass is 79.9. The van der Waals surface area contributed by atoms with Crippen molar-refractivity contribution < 1.29 is 9.47 Å². The van der Waals surface area contributed by atoms with Crippen LogP contribution in [0, 0.1) is 11.3 Å². The number of nitrogens with zero attached hydrogens (tertiary/aromatic N) is 2. The van der Waals surface area contributed by atoms with Crippen LogP contribution in [0.4, 0.5) is 0 Å². The molecule has 7 heteroatoms. The minimum Gasteiger partial charge on any atom is -0.496 e. The number of hydrogen-bond acceptors (Lipinski definition) is 5. The number of hydrogen-bond donors (Lipinski definition) is 2. The number of nitriles is 1. The standard InChI is InChI=1S/C17H17BrN4O2/c1-3-4-12-15-14(10-7-9(18)5-6-13(10)23-2)11(8-19)16(20)24-17(15)22-21-12/h5-7,14H,3-4,20H2,1-2H3,(H,21,22). The van der Waals surface area contributed by atoms with Crippen molar-refractivity contribution in [3.63, 3.8) is 0 Å². The highest BCUT2D eigenvalue weighted by Gasteiger charge is 2.36. The summed E-state index contributed by atoms with van der Waals surface area (Å²) < 4.78 is 12.0. The van der Waals surface area contributed by atoms with Crippen LogP contribution in [0.25, 0.3) is 0 Å². The van der Waals surface area contributed by atoms with Crippen molar-refractivity contribution in [2.45, 2.75) is 25.7 Å². The Bertz CT molecular complexity index is 851. The lowest BCUT2D eigenvalue weighted by Crippen LogP contribution is -2.21. The van der Waals surface area contributed by atoms with Crippen LogP contribution in [0.3, 0.4) is 0 Å². The van der Waals surface area contributed by atoms with E-state index in [1.165, 1.54) is 0 Å². The molecule has 124 valence electrons. The lowest BCUT2D eigenvalue weighted by atomic mass is 9.83. The first kappa shape index (κ1) is 16.4. The van der Waals surface area contributed by atoms with Gasteiger partial charge in [-0.1, -0.05) is 29.3 Å². The van der Waals surface area contributed by atoms with Gasteiger partial charge in [-0.25, -0.2) is 0 Å². The van der Waals surface area contributed by atoms with Crippen LogP contribution in [0.15, 0.2) is 34.1 Å². The fraction of sp³-hybridized carbons (Fsp3) is 0.294. The summed E-state index contributed by atoms with van der Waals surface area (Å²) in [5.74, 6) is 0.792. The van der Waals surface area contributed by atoms with Crippen LogP contribution in [-0.2, 0) is 6.42 Å². The summed E-state index contributed by atoms with van der Waals surface area (Å²) in [5, 5.41) is 16.9. The molecule has 24 heavy (non-hydrogen) atoms. The number of nitrogens with one attached hydrogen (secondary N) is 1. The number of methoxy groups -OCH3 is 1. The van der Waals surface area contributed by atoms with E-state index in [4.69, 9.17) is 15.2 Å². The maximum absolute atomic E-state index is 9.66. The lowest BCUT2D eigenvalue weighted by molar-refractivity contribution is 0.374. The number of nitrogens with two attached hydrogens (primary N) is 1. The van der Waals surface area contributed by atoms with E-state index in [1.54, 1.807) is 7.11 Å². The summed E-state index contributed by atoms with van der Waals surface area (Å²) in [6.07, 6.45) is 1.75. The normalized spacial score (nSPS) is 16.3. The molecule has 3 rings (SSSR count). The van der Waals surface area contributed by atoms with Gasteiger partial charge in [-0.3, -0.25) is 5.10 Å². The van der Waals surface area contributed by atoms with E-state index in [0.717, 1.165) is 34.1 Å². The third kappa shape index (κ3) is 2.63. The molecule has 1 atom stereocenters. The fourth-order valence-corrected chi connectivity index (χ4v) is 3.37. The molecular weight excluding hydrogens is 372 g/mol. The minimum absolute atomic E-state index is 0.0755. The summed E-state index contributed by atoms with van der Waals surface area (Å²) in [5.41, 5.74) is 8.97. The van der Waals surface area contributed by atoms with Gasteiger partial charge in [0.2, 0.25) is 11.8 Å². The quantitative estimate of drug-likeness (QED) is 0.836. The Labute approximate surface area is 148 Å². The Morgan fingerprint density at radius 3 is 2.96 bits per heavy atom. The number of aromatic amines is 1. The van der Waals surface area contributed by atoms with Crippen molar-refractivity contribution in [3.8, 4) is 17.7 Å². The highest BCUT2D eigenvalue weighted by Crippen LogP contribution is 2.46. The summed E-state index contributed by atoms with van der Waals surface area (Å²) in [7, 11) is 1.61. The molecule has 1 unspecified atom stereocenters. The van der Waals surface area contributed by atoms with E-state index in [0.29, 0.717) is 17.2 Å². The molecule has 0 amide bonds. The number of rotatable bonds is 4. The van der Waals surface area contributed by atoms with Crippen LogP contribution in [0.1, 0.15) is 36.1 Å². The molecule has 0 saturated carbocycles. The zero-order valence-corrected chi connectivity index (χ0v) is 15.0. The number of halogens is 1. The van der Waals surface area contributed by atoms with Crippen molar-refractivity contribution >= 4 is 15.9 Å². The Hall–Kier alpha value is -2.46. The summed E-state index contributed by atoms with van der Waals surface area (Å²) in [6.45, 7) is 2.08. The second kappa shape index (κ2) is 6.57. The highest BCUT2D eigenvalue weighted by molar-refractivity contribution is 9.10. The van der Waals surface area contributed by atoms with Gasteiger partial charge < -0.3 is 15.2 Å². The van der Waals surface area contributed by atoms with E-state index in [2.05, 4.69) is 39.1 Å². The first-order valence-corrected chi connectivity index (χ1v) is 8.38. The van der Waals surface area contributed by atoms with Crippen molar-refractivity contribution in [2.24, 2.45) is 5.73 Å². The van der Waals surface area contributed by atoms with Crippen LogP contribution in [0.2, 0.25) is 0 Å². The van der Waals surface area contributed by atoms with Gasteiger partial charge in [0, 0.05) is 15.7 Å². The summed E-state index contributed by atoms with van der Waals surface area (Å²) in [6, 6.07) is 7.88. The van der Waals surface area contributed by atoms with Crippen LogP contribution in [-0.4, -0.2) is 17.3 Å². The van der Waals surface area contributed by atoms with E-state index in [9.17, 15) is 5.26 Å². The van der Waals surface area contributed by atoms with Crippen molar-refractivity contribution in [1.82, 2.24) is 10.2 Å². The van der Waals surface area contributed by atoms with Gasteiger partial charge in [-0.05, 0) is 24.6 Å². The van der Waals surface area contributed by atoms with Crippen molar-refractivity contribution in [1.29, 1.82) is 5.26 Å². The molecule has 0 radical (unpaired) electrons. The number of fused-ring (bicyclic) bond motifs is 1. The number of H-pyrrole nitrogens is 1. The van der Waals surface area contributed by atoms with Crippen LogP contribution in [0.5, 0.6) is 11.6 Å². The Balaban J connectivity index is 2.27. The Morgan fingerprint density at radius 1 is 1.50 bits per heavy atom. The predicted molar refractivity (Wildman–Crippen MR) is 92.6 cm³/mol. The van der Waals surface area contributed by atoms with Gasteiger partial charge in [0.05, 0.1) is 18.6 Å². The average Bonchev–Trinajstić information content (AvgIpc) is 2.96. The van der Waals surface area contributed by atoms with Crippen LogP contribution < -0.4 is 15.2 Å². The van der Waals surface area contributed by atoms with Crippen molar-refractivity contribution in [2.75, 3.05) is 7.11 Å². The van der Waals surface area contributed by atoms with Gasteiger partial charge in [0.1, 0.15) is 17.4 Å². The zero-order chi connectivity index (χ0) is 17.3. The SMILES string of the molecule is CCCc1[nH]nc2c1C(c1cc(Br)ccc1OC)C(C#N)=C(N)O2. The predicted octanol–water partition coefficient (Wildman–Crippen LogP) is 3.35. The number of aromatic nitrogens is 2. The molecule has 1 aromatic heterocycles. The van der Waals surface area contributed by atoms with Gasteiger partial charge in [0.25, 0.3) is 0 Å². The number of benzene rings is 1. The fourth-order valence-electron chi connectivity index (χ4n) is 2.99. The van der Waals surface area contributed by atoms with E-state index in [-0.39, 0.29) is 11.8 Å². The monoisotopic (exact) mass is 388 g/mol. The molecule has 1 aliphatic rings. The maximum atomic E-state index is 9.66. The molecule has 1 aliphatic heterocycles. The van der Waals surface area contributed by atoms with Crippen LogP contribution >= 0.6 is 15.9 Å². The molecule has 0 bridgehead atoms. The summed E-state index contributed by atoms with van der Waals surface area (Å²) in [4.78, 5) is 0. The second-order valence-electron chi connectivity index (χ2n) is 5.48. The molecule has 2 aromatic rings. The van der Waals surface area contributed by atoms with Gasteiger partial charge >= 0.3 is 0 Å². The largest absolute Gasteiger partial charge is 0.496 e. The lowest BCUT2D eigenvalue weighted by Gasteiger charge is -2.25. The molecule has 0 aliphatic carbocycles. The number of allylic oxidation sites excluding steroid dienone is 1. The second-order valence-corrected chi connectivity index (χ2v) is 6.40. The number of aryl methyl sites for hydroxylation is 1. The Morgan fingerprint density at radius 2 is 2.29 bits per heavy atom. The van der Waals surface area contributed by atoms with E-state index < -0.39 is 0 Å². The average molecular weight is 389 g/mol. The molecule has 3 N–H and O–H groups in total. The number of ether oxygens (including phenoxy) is 2. The molecule has 6 nitrogen and oxygen atoms in total. The molecule has 2 heterocycles. The zero-order valence-electron chi connectivity index (χ0n) is 13.4. The van der Waals surface area contributed by atoms with Gasteiger partial charge in [-0.2, -0.15) is 5.26 Å². The van der Waals surface area contributed by atoms with Gasteiger partial charge in [0.15, 0.2) is 0 Å². The topological polar surface area (TPSA) is 97.0 Å². The molecule has 0 saturated heterocycles. The third-order valence-electron chi connectivity index (χ3n) is 4.02. The molecular formula is C17H17BrN4O2.